The summed E-state index contributed by atoms with van der Waals surface area (Å²) >= 11 is 0. The van der Waals surface area contributed by atoms with E-state index < -0.39 is 0 Å². The van der Waals surface area contributed by atoms with E-state index in [4.69, 9.17) is 12.2 Å². The molecule has 1 fully saturated rings. The molecule has 0 saturated heterocycles. The second kappa shape index (κ2) is 5.02. The maximum Gasteiger partial charge on any atom is 0.223 e. The summed E-state index contributed by atoms with van der Waals surface area (Å²) in [5, 5.41) is 0. The maximum atomic E-state index is 11.6. The van der Waals surface area contributed by atoms with Crippen molar-refractivity contribution in [1.29, 1.82) is 0 Å². The van der Waals surface area contributed by atoms with Crippen LogP contribution in [-0.2, 0) is 4.79 Å². The van der Waals surface area contributed by atoms with E-state index >= 15 is 0 Å². The predicted molar refractivity (Wildman–Crippen MR) is 56.4 cm³/mol. The van der Waals surface area contributed by atoms with E-state index in [2.05, 4.69) is 5.92 Å². The Kier molecular flexibility index (Phi) is 3.97. The van der Waals surface area contributed by atoms with Crippen molar-refractivity contribution in [2.45, 2.75) is 31.7 Å². The van der Waals surface area contributed by atoms with Crippen molar-refractivity contribution < 1.29 is 4.79 Å². The van der Waals surface area contributed by atoms with Crippen molar-refractivity contribution in [2.24, 2.45) is 11.7 Å². The van der Waals surface area contributed by atoms with Crippen LogP contribution in [0, 0.1) is 18.3 Å². The molecule has 3 heteroatoms. The number of hydrogen-bond donors (Lipinski definition) is 1. The summed E-state index contributed by atoms with van der Waals surface area (Å²) in [5.41, 5.74) is 5.65. The van der Waals surface area contributed by atoms with Gasteiger partial charge in [0.1, 0.15) is 0 Å². The summed E-state index contributed by atoms with van der Waals surface area (Å²) in [6.45, 7) is 0.558. The van der Waals surface area contributed by atoms with Gasteiger partial charge >= 0.3 is 0 Å². The average Bonchev–Trinajstić information content (AvgIpc) is 2.99. The number of hydrogen-bond acceptors (Lipinski definition) is 2. The van der Waals surface area contributed by atoms with E-state index in [1.165, 1.54) is 12.8 Å². The molecule has 0 aliphatic heterocycles. The molecule has 1 aliphatic carbocycles. The lowest BCUT2D eigenvalue weighted by molar-refractivity contribution is -0.132. The van der Waals surface area contributed by atoms with Gasteiger partial charge in [0, 0.05) is 32.5 Å². The van der Waals surface area contributed by atoms with Crippen LogP contribution < -0.4 is 5.73 Å². The summed E-state index contributed by atoms with van der Waals surface area (Å²) in [7, 11) is 1.83. The molecule has 1 aliphatic rings. The number of nitrogens with zero attached hydrogens (tertiary/aromatic N) is 1. The molecule has 0 radical (unpaired) electrons. The molecule has 0 aromatic carbocycles. The monoisotopic (exact) mass is 194 g/mol. The molecule has 0 heterocycles. The van der Waals surface area contributed by atoms with Gasteiger partial charge in [0.2, 0.25) is 5.91 Å². The molecule has 78 valence electrons. The van der Waals surface area contributed by atoms with Crippen molar-refractivity contribution in [2.75, 3.05) is 13.6 Å². The molecule has 2 N–H and O–H groups in total. The van der Waals surface area contributed by atoms with E-state index in [-0.39, 0.29) is 11.9 Å². The third-order valence-electron chi connectivity index (χ3n) is 2.78. The first-order chi connectivity index (χ1) is 6.70. The average molecular weight is 194 g/mol. The summed E-state index contributed by atoms with van der Waals surface area (Å²) in [4.78, 5) is 13.4. The van der Waals surface area contributed by atoms with E-state index in [1.54, 1.807) is 4.90 Å². The molecule has 1 unspecified atom stereocenters. The van der Waals surface area contributed by atoms with E-state index in [0.29, 0.717) is 25.3 Å². The standard InChI is InChI=1S/C11H18N2O/c1-3-4-5-11(14)13(2)10(8-12)9-6-7-9/h1,9-10H,4-8,12H2,2H3. The van der Waals surface area contributed by atoms with Crippen LogP contribution in [0.4, 0.5) is 0 Å². The van der Waals surface area contributed by atoms with Crippen LogP contribution in [0.15, 0.2) is 0 Å². The highest BCUT2D eigenvalue weighted by Crippen LogP contribution is 2.34. The lowest BCUT2D eigenvalue weighted by atomic mass is 10.1. The molecular weight excluding hydrogens is 176 g/mol. The summed E-state index contributed by atoms with van der Waals surface area (Å²) in [6.07, 6.45) is 8.48. The first kappa shape index (κ1) is 11.1. The minimum atomic E-state index is 0.116. The molecule has 0 spiro atoms. The second-order valence-electron chi connectivity index (χ2n) is 3.85. The largest absolute Gasteiger partial charge is 0.341 e. The van der Waals surface area contributed by atoms with Crippen LogP contribution in [-0.4, -0.2) is 30.4 Å². The van der Waals surface area contributed by atoms with E-state index in [9.17, 15) is 4.79 Å². The predicted octanol–water partition coefficient (Wildman–Crippen LogP) is 0.595. The normalized spacial score (nSPS) is 17.2. The fourth-order valence-electron chi connectivity index (χ4n) is 1.69. The highest BCUT2D eigenvalue weighted by atomic mass is 16.2. The number of nitrogens with two attached hydrogens (primary N) is 1. The number of carbonyl (C=O) groups is 1. The zero-order valence-corrected chi connectivity index (χ0v) is 8.70. The Morgan fingerprint density at radius 2 is 2.36 bits per heavy atom. The SMILES string of the molecule is C#CCCC(=O)N(C)C(CN)C1CC1. The second-order valence-corrected chi connectivity index (χ2v) is 3.85. The van der Waals surface area contributed by atoms with Crippen molar-refractivity contribution in [3.05, 3.63) is 0 Å². The van der Waals surface area contributed by atoms with Gasteiger partial charge in [-0.25, -0.2) is 0 Å². The Balaban J connectivity index is 2.41. The first-order valence-electron chi connectivity index (χ1n) is 5.10. The molecule has 1 rings (SSSR count). The molecule has 1 saturated carbocycles. The highest BCUT2D eigenvalue weighted by Gasteiger charge is 2.34. The molecule has 14 heavy (non-hydrogen) atoms. The van der Waals surface area contributed by atoms with E-state index in [0.717, 1.165) is 0 Å². The van der Waals surface area contributed by atoms with Gasteiger partial charge < -0.3 is 10.6 Å². The number of rotatable bonds is 5. The van der Waals surface area contributed by atoms with Crippen molar-refractivity contribution in [1.82, 2.24) is 4.90 Å². The molecule has 0 bridgehead atoms. The minimum absolute atomic E-state index is 0.116. The quantitative estimate of drug-likeness (QED) is 0.651. The lowest BCUT2D eigenvalue weighted by Crippen LogP contribution is -2.43. The van der Waals surface area contributed by atoms with Gasteiger partial charge in [0.05, 0.1) is 0 Å². The molecule has 0 aromatic heterocycles. The van der Waals surface area contributed by atoms with Crippen LogP contribution in [0.25, 0.3) is 0 Å². The zero-order chi connectivity index (χ0) is 10.6. The number of likely N-dealkylation sites (N-methyl/N-ethyl adjacent to an activating group) is 1. The summed E-state index contributed by atoms with van der Waals surface area (Å²) < 4.78 is 0. The summed E-state index contributed by atoms with van der Waals surface area (Å²) in [5.74, 6) is 3.22. The number of carbonyl (C=O) groups excluding carboxylic acids is 1. The Morgan fingerprint density at radius 1 is 1.71 bits per heavy atom. The third-order valence-corrected chi connectivity index (χ3v) is 2.78. The molecular formula is C11H18N2O. The maximum absolute atomic E-state index is 11.6. The number of terminal acetylenes is 1. The zero-order valence-electron chi connectivity index (χ0n) is 8.70. The van der Waals surface area contributed by atoms with Gasteiger partial charge in [0.25, 0.3) is 0 Å². The molecule has 0 aromatic rings. The Morgan fingerprint density at radius 3 is 2.79 bits per heavy atom. The van der Waals surface area contributed by atoms with Crippen molar-refractivity contribution in [3.63, 3.8) is 0 Å². The summed E-state index contributed by atoms with van der Waals surface area (Å²) in [6, 6.07) is 0.222. The Labute approximate surface area is 85.6 Å². The van der Waals surface area contributed by atoms with Gasteiger partial charge in [-0.3, -0.25) is 4.79 Å². The minimum Gasteiger partial charge on any atom is -0.341 e. The highest BCUT2D eigenvalue weighted by molar-refractivity contribution is 5.76. The Bertz CT molecular complexity index is 240. The fraction of sp³-hybridized carbons (Fsp3) is 0.727. The van der Waals surface area contributed by atoms with Crippen LogP contribution in [0.3, 0.4) is 0 Å². The van der Waals surface area contributed by atoms with Gasteiger partial charge in [-0.2, -0.15) is 0 Å². The number of amides is 1. The van der Waals surface area contributed by atoms with Gasteiger partial charge in [0.15, 0.2) is 0 Å². The van der Waals surface area contributed by atoms with Crippen LogP contribution >= 0.6 is 0 Å². The van der Waals surface area contributed by atoms with Gasteiger partial charge in [-0.1, -0.05) is 0 Å². The first-order valence-corrected chi connectivity index (χ1v) is 5.10. The van der Waals surface area contributed by atoms with Crippen molar-refractivity contribution >= 4 is 5.91 Å². The van der Waals surface area contributed by atoms with E-state index in [1.807, 2.05) is 7.05 Å². The smallest absolute Gasteiger partial charge is 0.223 e. The molecule has 3 nitrogen and oxygen atoms in total. The third kappa shape index (κ3) is 2.74. The van der Waals surface area contributed by atoms with Crippen LogP contribution in [0.1, 0.15) is 25.7 Å². The fourth-order valence-corrected chi connectivity index (χ4v) is 1.69. The molecule has 1 atom stereocenters. The van der Waals surface area contributed by atoms with Gasteiger partial charge in [-0.15, -0.1) is 12.3 Å². The lowest BCUT2D eigenvalue weighted by Gasteiger charge is -2.26. The van der Waals surface area contributed by atoms with Crippen LogP contribution in [0.2, 0.25) is 0 Å². The Hall–Kier alpha value is -1.01. The van der Waals surface area contributed by atoms with Gasteiger partial charge in [-0.05, 0) is 18.8 Å². The topological polar surface area (TPSA) is 46.3 Å². The molecule has 1 amide bonds. The van der Waals surface area contributed by atoms with Crippen LogP contribution in [0.5, 0.6) is 0 Å². The van der Waals surface area contributed by atoms with Crippen molar-refractivity contribution in [3.8, 4) is 12.3 Å².